The quantitative estimate of drug-likeness (QED) is 0.726. The van der Waals surface area contributed by atoms with Gasteiger partial charge in [0.1, 0.15) is 0 Å². The van der Waals surface area contributed by atoms with Gasteiger partial charge in [-0.15, -0.1) is 0 Å². The van der Waals surface area contributed by atoms with Gasteiger partial charge in [-0.3, -0.25) is 14.8 Å². The van der Waals surface area contributed by atoms with Crippen LogP contribution in [0.5, 0.6) is 0 Å². The zero-order valence-electron chi connectivity index (χ0n) is 15.9. The van der Waals surface area contributed by atoms with Crippen LogP contribution in [0.4, 0.5) is 5.69 Å². The Morgan fingerprint density at radius 1 is 1.17 bits per heavy atom. The maximum absolute atomic E-state index is 12.5. The molecule has 2 aromatic rings. The number of hydrogen-bond donors (Lipinski definition) is 1. The predicted molar refractivity (Wildman–Crippen MR) is 115 cm³/mol. The zero-order valence-corrected chi connectivity index (χ0v) is 17.4. The fourth-order valence-electron chi connectivity index (χ4n) is 2.98. The van der Waals surface area contributed by atoms with Crippen molar-refractivity contribution in [3.05, 3.63) is 63.6 Å². The van der Waals surface area contributed by atoms with E-state index in [2.05, 4.69) is 15.3 Å². The molecule has 29 heavy (non-hydrogen) atoms. The van der Waals surface area contributed by atoms with Gasteiger partial charge in [0, 0.05) is 28.1 Å². The SMILES string of the molecule is CCOC(=O)C(NC(C)=O)C1=Nc2ccc(Cl)cc2C(c2ccccc2Cl)=NC1. The third-order valence-electron chi connectivity index (χ3n) is 4.21. The fourth-order valence-corrected chi connectivity index (χ4v) is 3.37. The van der Waals surface area contributed by atoms with Gasteiger partial charge in [0.2, 0.25) is 5.91 Å². The molecule has 0 radical (unpaired) electrons. The lowest BCUT2D eigenvalue weighted by molar-refractivity contribution is -0.145. The number of ether oxygens (including phenoxy) is 1. The van der Waals surface area contributed by atoms with Crippen molar-refractivity contribution in [3.63, 3.8) is 0 Å². The molecule has 0 aliphatic carbocycles. The molecule has 6 nitrogen and oxygen atoms in total. The summed E-state index contributed by atoms with van der Waals surface area (Å²) in [5.41, 5.74) is 2.95. The number of aliphatic imine (C=N–C) groups is 2. The van der Waals surface area contributed by atoms with Crippen LogP contribution in [0.25, 0.3) is 0 Å². The minimum atomic E-state index is -1.04. The molecule has 0 bridgehead atoms. The van der Waals surface area contributed by atoms with E-state index in [0.29, 0.717) is 32.7 Å². The minimum absolute atomic E-state index is 0.0800. The van der Waals surface area contributed by atoms with E-state index in [9.17, 15) is 9.59 Å². The highest BCUT2D eigenvalue weighted by Gasteiger charge is 2.29. The van der Waals surface area contributed by atoms with Gasteiger partial charge < -0.3 is 10.1 Å². The summed E-state index contributed by atoms with van der Waals surface area (Å²) in [6, 6.07) is 11.5. The topological polar surface area (TPSA) is 80.1 Å². The standard InChI is InChI=1S/C21H19Cl2N3O3/c1-3-29-21(28)20(25-12(2)27)18-11-24-19(14-6-4-5-7-16(14)23)15-10-13(22)8-9-17(15)26-18/h4-10,20H,3,11H2,1-2H3,(H,25,27). The Balaban J connectivity index is 2.13. The Bertz CT molecular complexity index is 1020. The molecule has 1 atom stereocenters. The van der Waals surface area contributed by atoms with Gasteiger partial charge in [-0.2, -0.15) is 0 Å². The van der Waals surface area contributed by atoms with Gasteiger partial charge in [-0.1, -0.05) is 41.4 Å². The van der Waals surface area contributed by atoms with Crippen molar-refractivity contribution < 1.29 is 14.3 Å². The van der Waals surface area contributed by atoms with E-state index >= 15 is 0 Å². The number of halogens is 2. The number of esters is 1. The third kappa shape index (κ3) is 4.83. The Hall–Kier alpha value is -2.70. The molecule has 8 heteroatoms. The van der Waals surface area contributed by atoms with Crippen LogP contribution in [-0.4, -0.2) is 42.5 Å². The minimum Gasteiger partial charge on any atom is -0.464 e. The molecular weight excluding hydrogens is 413 g/mol. The summed E-state index contributed by atoms with van der Waals surface area (Å²) in [6.07, 6.45) is 0. The average molecular weight is 432 g/mol. The molecular formula is C21H19Cl2N3O3. The molecule has 1 amide bonds. The predicted octanol–water partition coefficient (Wildman–Crippen LogP) is 3.98. The lowest BCUT2D eigenvalue weighted by Gasteiger charge is -2.17. The van der Waals surface area contributed by atoms with Gasteiger partial charge in [0.25, 0.3) is 0 Å². The average Bonchev–Trinajstić information content (AvgIpc) is 2.86. The van der Waals surface area contributed by atoms with Crippen molar-refractivity contribution in [1.82, 2.24) is 5.32 Å². The Kier molecular flexibility index (Phi) is 6.67. The van der Waals surface area contributed by atoms with E-state index in [1.54, 1.807) is 31.2 Å². The molecule has 0 aromatic heterocycles. The molecule has 1 unspecified atom stereocenters. The second kappa shape index (κ2) is 9.20. The van der Waals surface area contributed by atoms with Crippen LogP contribution in [0, 0.1) is 0 Å². The first-order valence-electron chi connectivity index (χ1n) is 9.01. The summed E-state index contributed by atoms with van der Waals surface area (Å²) in [6.45, 7) is 3.29. The van der Waals surface area contributed by atoms with Gasteiger partial charge in [0.05, 0.1) is 30.3 Å². The third-order valence-corrected chi connectivity index (χ3v) is 4.77. The lowest BCUT2D eigenvalue weighted by atomic mass is 10.0. The first-order valence-corrected chi connectivity index (χ1v) is 9.76. The van der Waals surface area contributed by atoms with Gasteiger partial charge in [-0.25, -0.2) is 4.79 Å². The van der Waals surface area contributed by atoms with Crippen molar-refractivity contribution in [2.75, 3.05) is 13.2 Å². The van der Waals surface area contributed by atoms with Crippen LogP contribution in [0.1, 0.15) is 25.0 Å². The Morgan fingerprint density at radius 2 is 1.93 bits per heavy atom. The second-order valence-corrected chi connectivity index (χ2v) is 7.14. The normalized spacial score (nSPS) is 14.1. The molecule has 1 aliphatic heterocycles. The van der Waals surface area contributed by atoms with Crippen LogP contribution in [0.3, 0.4) is 0 Å². The molecule has 150 valence electrons. The lowest BCUT2D eigenvalue weighted by Crippen LogP contribution is -2.47. The molecule has 0 spiro atoms. The molecule has 1 N–H and O–H groups in total. The molecule has 0 fully saturated rings. The molecule has 1 heterocycles. The van der Waals surface area contributed by atoms with E-state index in [4.69, 9.17) is 27.9 Å². The Labute approximate surface area is 178 Å². The van der Waals surface area contributed by atoms with Crippen molar-refractivity contribution >= 4 is 52.2 Å². The van der Waals surface area contributed by atoms with E-state index in [1.165, 1.54) is 6.92 Å². The van der Waals surface area contributed by atoms with Gasteiger partial charge >= 0.3 is 5.97 Å². The number of fused-ring (bicyclic) bond motifs is 1. The van der Waals surface area contributed by atoms with Crippen LogP contribution in [0.15, 0.2) is 52.4 Å². The maximum Gasteiger partial charge on any atom is 0.334 e. The summed E-state index contributed by atoms with van der Waals surface area (Å²) in [5, 5.41) is 3.66. The van der Waals surface area contributed by atoms with Crippen molar-refractivity contribution in [2.45, 2.75) is 19.9 Å². The summed E-state index contributed by atoms with van der Waals surface area (Å²) < 4.78 is 5.11. The van der Waals surface area contributed by atoms with E-state index in [0.717, 1.165) is 5.56 Å². The second-order valence-electron chi connectivity index (χ2n) is 6.29. The van der Waals surface area contributed by atoms with E-state index in [-0.39, 0.29) is 19.1 Å². The van der Waals surface area contributed by atoms with Gasteiger partial charge in [-0.05, 0) is 31.2 Å². The van der Waals surface area contributed by atoms with Crippen molar-refractivity contribution in [2.24, 2.45) is 9.98 Å². The van der Waals surface area contributed by atoms with E-state index < -0.39 is 12.0 Å². The number of nitrogens with one attached hydrogen (secondary N) is 1. The largest absolute Gasteiger partial charge is 0.464 e. The summed E-state index contributed by atoms with van der Waals surface area (Å²) in [4.78, 5) is 33.4. The highest BCUT2D eigenvalue weighted by atomic mass is 35.5. The highest BCUT2D eigenvalue weighted by molar-refractivity contribution is 6.36. The number of hydrogen-bond acceptors (Lipinski definition) is 5. The first-order chi connectivity index (χ1) is 13.9. The Morgan fingerprint density at radius 3 is 2.62 bits per heavy atom. The number of benzene rings is 2. The fraction of sp³-hybridized carbons (Fsp3) is 0.238. The number of nitrogens with zero attached hydrogens (tertiary/aromatic N) is 2. The highest BCUT2D eigenvalue weighted by Crippen LogP contribution is 2.31. The summed E-state index contributed by atoms with van der Waals surface area (Å²) >= 11 is 12.6. The molecule has 3 rings (SSSR count). The molecule has 2 aromatic carbocycles. The zero-order chi connectivity index (χ0) is 21.0. The summed E-state index contributed by atoms with van der Waals surface area (Å²) in [7, 11) is 0. The maximum atomic E-state index is 12.5. The number of rotatable bonds is 5. The summed E-state index contributed by atoms with van der Waals surface area (Å²) in [5.74, 6) is -0.963. The number of carbonyl (C=O) groups excluding carboxylic acids is 2. The monoisotopic (exact) mass is 431 g/mol. The molecule has 0 saturated carbocycles. The first kappa shape index (κ1) is 21.0. The van der Waals surface area contributed by atoms with Crippen molar-refractivity contribution in [1.29, 1.82) is 0 Å². The number of amides is 1. The van der Waals surface area contributed by atoms with Crippen LogP contribution in [-0.2, 0) is 14.3 Å². The smallest absolute Gasteiger partial charge is 0.334 e. The van der Waals surface area contributed by atoms with Crippen LogP contribution >= 0.6 is 23.2 Å². The molecule has 1 aliphatic rings. The van der Waals surface area contributed by atoms with E-state index in [1.807, 2.05) is 18.2 Å². The molecule has 0 saturated heterocycles. The van der Waals surface area contributed by atoms with Gasteiger partial charge in [0.15, 0.2) is 6.04 Å². The number of carbonyl (C=O) groups is 2. The van der Waals surface area contributed by atoms with Crippen LogP contribution < -0.4 is 5.32 Å². The van der Waals surface area contributed by atoms with Crippen LogP contribution in [0.2, 0.25) is 10.0 Å². The van der Waals surface area contributed by atoms with Crippen molar-refractivity contribution in [3.8, 4) is 0 Å².